The standard InChI is InChI=1S/C22H32O3/c1-16(9-8-10-17(2)15-21(23)25-7)11-12-19-18(3)20(24-6)13-14-22(19,4)5/h8-12,15,20H,13-14H2,1-7H3/b10-8+,12-11+,16-9+,17-15+. The first kappa shape index (κ1) is 21.2. The average Bonchev–Trinajstić information content (AvgIpc) is 2.54. The van der Waals surface area contributed by atoms with Crippen LogP contribution in [0.3, 0.4) is 0 Å². The molecule has 3 heteroatoms. The van der Waals surface area contributed by atoms with E-state index in [9.17, 15) is 4.79 Å². The highest BCUT2D eigenvalue weighted by atomic mass is 16.5. The highest BCUT2D eigenvalue weighted by Crippen LogP contribution is 2.41. The Morgan fingerprint density at radius 2 is 1.84 bits per heavy atom. The SMILES string of the molecule is COC(=O)/C=C(C)/C=C/C=C(C)/C=C/C1=C(C)C(OC)CCC1(C)C. The second-order valence-corrected chi connectivity index (χ2v) is 7.26. The van der Waals surface area contributed by atoms with Crippen molar-refractivity contribution >= 4 is 5.97 Å². The Morgan fingerprint density at radius 1 is 1.16 bits per heavy atom. The number of carbonyl (C=O) groups is 1. The summed E-state index contributed by atoms with van der Waals surface area (Å²) >= 11 is 0. The Morgan fingerprint density at radius 3 is 2.44 bits per heavy atom. The van der Waals surface area contributed by atoms with Gasteiger partial charge in [-0.15, -0.1) is 0 Å². The van der Waals surface area contributed by atoms with Gasteiger partial charge >= 0.3 is 5.97 Å². The second kappa shape index (κ2) is 9.57. The van der Waals surface area contributed by atoms with Crippen molar-refractivity contribution in [1.29, 1.82) is 0 Å². The van der Waals surface area contributed by atoms with Gasteiger partial charge in [0.25, 0.3) is 0 Å². The minimum absolute atomic E-state index is 0.172. The summed E-state index contributed by atoms with van der Waals surface area (Å²) in [6, 6.07) is 0. The minimum Gasteiger partial charge on any atom is -0.466 e. The van der Waals surface area contributed by atoms with Crippen LogP contribution in [0.2, 0.25) is 0 Å². The van der Waals surface area contributed by atoms with Crippen LogP contribution in [0.1, 0.15) is 47.5 Å². The molecule has 0 radical (unpaired) electrons. The first-order valence-electron chi connectivity index (χ1n) is 8.74. The summed E-state index contributed by atoms with van der Waals surface area (Å²) in [6.07, 6.45) is 14.1. The molecule has 0 aromatic rings. The van der Waals surface area contributed by atoms with Crippen LogP contribution >= 0.6 is 0 Å². The summed E-state index contributed by atoms with van der Waals surface area (Å²) in [6.45, 7) is 10.7. The van der Waals surface area contributed by atoms with E-state index < -0.39 is 0 Å². The molecule has 0 aliphatic heterocycles. The molecule has 0 amide bonds. The fraction of sp³-hybridized carbons (Fsp3) is 0.500. The van der Waals surface area contributed by atoms with E-state index in [2.05, 4.69) is 44.6 Å². The summed E-state index contributed by atoms with van der Waals surface area (Å²) in [4.78, 5) is 11.2. The van der Waals surface area contributed by atoms with Gasteiger partial charge in [0.15, 0.2) is 0 Å². The molecule has 0 fully saturated rings. The maximum Gasteiger partial charge on any atom is 0.330 e. The molecule has 25 heavy (non-hydrogen) atoms. The fourth-order valence-corrected chi connectivity index (χ4v) is 3.12. The van der Waals surface area contributed by atoms with E-state index in [1.807, 2.05) is 25.2 Å². The predicted octanol–water partition coefficient (Wildman–Crippen LogP) is 5.32. The Balaban J connectivity index is 2.88. The van der Waals surface area contributed by atoms with Crippen LogP contribution in [-0.2, 0) is 14.3 Å². The molecule has 0 saturated heterocycles. The number of methoxy groups -OCH3 is 2. The zero-order valence-corrected chi connectivity index (χ0v) is 16.7. The Hall–Kier alpha value is -1.87. The molecule has 1 aliphatic carbocycles. The van der Waals surface area contributed by atoms with Gasteiger partial charge in [-0.25, -0.2) is 4.79 Å². The van der Waals surface area contributed by atoms with Gasteiger partial charge in [0.1, 0.15) is 0 Å². The lowest BCUT2D eigenvalue weighted by Crippen LogP contribution is -2.28. The summed E-state index contributed by atoms with van der Waals surface area (Å²) < 4.78 is 10.2. The summed E-state index contributed by atoms with van der Waals surface area (Å²) in [5.41, 5.74) is 4.87. The third-order valence-corrected chi connectivity index (χ3v) is 4.73. The zero-order valence-electron chi connectivity index (χ0n) is 16.7. The zero-order chi connectivity index (χ0) is 19.0. The molecule has 0 spiro atoms. The van der Waals surface area contributed by atoms with Gasteiger partial charge in [-0.2, -0.15) is 0 Å². The number of allylic oxidation sites excluding steroid dienone is 8. The van der Waals surface area contributed by atoms with E-state index in [0.717, 1.165) is 24.0 Å². The van der Waals surface area contributed by atoms with E-state index in [0.29, 0.717) is 0 Å². The van der Waals surface area contributed by atoms with Crippen molar-refractivity contribution in [3.63, 3.8) is 0 Å². The molecule has 1 atom stereocenters. The van der Waals surface area contributed by atoms with Crippen LogP contribution in [0, 0.1) is 5.41 Å². The lowest BCUT2D eigenvalue weighted by molar-refractivity contribution is -0.134. The van der Waals surface area contributed by atoms with Crippen molar-refractivity contribution < 1.29 is 14.3 Å². The summed E-state index contributed by atoms with van der Waals surface area (Å²) in [5, 5.41) is 0. The van der Waals surface area contributed by atoms with Gasteiger partial charge < -0.3 is 9.47 Å². The lowest BCUT2D eigenvalue weighted by Gasteiger charge is -2.36. The quantitative estimate of drug-likeness (QED) is 0.372. The van der Waals surface area contributed by atoms with E-state index in [1.165, 1.54) is 24.3 Å². The number of rotatable bonds is 6. The molecule has 0 saturated carbocycles. The van der Waals surface area contributed by atoms with Crippen molar-refractivity contribution in [2.45, 2.75) is 53.6 Å². The van der Waals surface area contributed by atoms with Crippen molar-refractivity contribution in [2.24, 2.45) is 5.41 Å². The van der Waals surface area contributed by atoms with Gasteiger partial charge in [-0.3, -0.25) is 0 Å². The normalized spacial score (nSPS) is 22.1. The maximum atomic E-state index is 11.2. The number of esters is 1. The first-order valence-corrected chi connectivity index (χ1v) is 8.74. The molecular formula is C22H32O3. The van der Waals surface area contributed by atoms with Crippen molar-refractivity contribution in [2.75, 3.05) is 14.2 Å². The van der Waals surface area contributed by atoms with Crippen LogP contribution in [0.25, 0.3) is 0 Å². The van der Waals surface area contributed by atoms with E-state index in [4.69, 9.17) is 4.74 Å². The first-order chi connectivity index (χ1) is 11.7. The number of ether oxygens (including phenoxy) is 2. The van der Waals surface area contributed by atoms with E-state index in [-0.39, 0.29) is 17.5 Å². The Kier molecular flexibility index (Phi) is 8.11. The monoisotopic (exact) mass is 344 g/mol. The van der Waals surface area contributed by atoms with Gasteiger partial charge in [0.05, 0.1) is 13.2 Å². The molecule has 0 aromatic heterocycles. The topological polar surface area (TPSA) is 35.5 Å². The van der Waals surface area contributed by atoms with Crippen molar-refractivity contribution in [1.82, 2.24) is 0 Å². The Bertz CT molecular complexity index is 628. The van der Waals surface area contributed by atoms with Crippen LogP contribution < -0.4 is 0 Å². The molecule has 0 aromatic carbocycles. The van der Waals surface area contributed by atoms with Gasteiger partial charge in [0.2, 0.25) is 0 Å². The minimum atomic E-state index is -0.336. The summed E-state index contributed by atoms with van der Waals surface area (Å²) in [5.74, 6) is -0.336. The van der Waals surface area contributed by atoms with Crippen LogP contribution in [0.15, 0.2) is 58.7 Å². The fourth-order valence-electron chi connectivity index (χ4n) is 3.12. The van der Waals surface area contributed by atoms with Crippen LogP contribution in [0.4, 0.5) is 0 Å². The summed E-state index contributed by atoms with van der Waals surface area (Å²) in [7, 11) is 3.16. The Labute approximate surface area is 152 Å². The maximum absolute atomic E-state index is 11.2. The highest BCUT2D eigenvalue weighted by Gasteiger charge is 2.31. The molecule has 3 nitrogen and oxygen atoms in total. The molecule has 0 N–H and O–H groups in total. The lowest BCUT2D eigenvalue weighted by atomic mass is 9.71. The third kappa shape index (κ3) is 6.50. The largest absolute Gasteiger partial charge is 0.466 e. The van der Waals surface area contributed by atoms with Gasteiger partial charge in [0, 0.05) is 13.2 Å². The van der Waals surface area contributed by atoms with Gasteiger partial charge in [-0.1, -0.05) is 49.8 Å². The average molecular weight is 344 g/mol. The molecular weight excluding hydrogens is 312 g/mol. The van der Waals surface area contributed by atoms with Crippen molar-refractivity contribution in [3.05, 3.63) is 58.7 Å². The molecule has 1 aliphatic rings. The molecule has 1 rings (SSSR count). The van der Waals surface area contributed by atoms with Gasteiger partial charge in [-0.05, 0) is 55.7 Å². The third-order valence-electron chi connectivity index (χ3n) is 4.73. The van der Waals surface area contributed by atoms with Crippen LogP contribution in [0.5, 0.6) is 0 Å². The number of carbonyl (C=O) groups excluding carboxylic acids is 1. The second-order valence-electron chi connectivity index (χ2n) is 7.26. The molecule has 1 unspecified atom stereocenters. The number of hydrogen-bond acceptors (Lipinski definition) is 3. The molecule has 0 heterocycles. The molecule has 138 valence electrons. The molecule has 0 bridgehead atoms. The number of hydrogen-bond donors (Lipinski definition) is 0. The van der Waals surface area contributed by atoms with Crippen molar-refractivity contribution in [3.8, 4) is 0 Å². The van der Waals surface area contributed by atoms with Crippen LogP contribution in [-0.4, -0.2) is 26.3 Å². The smallest absolute Gasteiger partial charge is 0.330 e. The van der Waals surface area contributed by atoms with E-state index >= 15 is 0 Å². The van der Waals surface area contributed by atoms with E-state index in [1.54, 1.807) is 7.11 Å². The predicted molar refractivity (Wildman–Crippen MR) is 104 cm³/mol. The highest BCUT2D eigenvalue weighted by molar-refractivity contribution is 5.83.